The Bertz CT molecular complexity index is 651. The van der Waals surface area contributed by atoms with Gasteiger partial charge in [0.1, 0.15) is 0 Å². The Morgan fingerprint density at radius 2 is 1.81 bits per heavy atom. The third kappa shape index (κ3) is 4.66. The van der Waals surface area contributed by atoms with Gasteiger partial charge in [-0.25, -0.2) is 0 Å². The van der Waals surface area contributed by atoms with Crippen LogP contribution in [0.4, 0.5) is 0 Å². The van der Waals surface area contributed by atoms with E-state index in [9.17, 15) is 4.79 Å². The fraction of sp³-hybridized carbons (Fsp3) is 0.167. The lowest BCUT2D eigenvalue weighted by molar-refractivity contribution is -0.140. The summed E-state index contributed by atoms with van der Waals surface area (Å²) in [4.78, 5) is 11.6. The van der Waals surface area contributed by atoms with E-state index in [-0.39, 0.29) is 18.3 Å². The summed E-state index contributed by atoms with van der Waals surface area (Å²) >= 11 is 5.89. The molecule has 1 unspecified atom stereocenters. The standard InChI is InChI=1S/C18H15ClO2/c1-21-18(20)13-16(15-9-11-17(19)12-10-15)8-7-14-5-3-2-4-6-14/h2-6,9-12,16H,13H2,1H3. The van der Waals surface area contributed by atoms with Crippen molar-refractivity contribution in [2.45, 2.75) is 12.3 Å². The number of halogens is 1. The van der Waals surface area contributed by atoms with Crippen LogP contribution >= 0.6 is 11.6 Å². The van der Waals surface area contributed by atoms with Crippen LogP contribution in [0.5, 0.6) is 0 Å². The van der Waals surface area contributed by atoms with Crippen molar-refractivity contribution in [1.29, 1.82) is 0 Å². The minimum atomic E-state index is -0.280. The molecule has 0 spiro atoms. The average Bonchev–Trinajstić information content (AvgIpc) is 2.53. The van der Waals surface area contributed by atoms with E-state index in [0.717, 1.165) is 11.1 Å². The quantitative estimate of drug-likeness (QED) is 0.631. The second-order valence-corrected chi connectivity index (χ2v) is 4.96. The molecule has 0 amide bonds. The Kier molecular flexibility index (Phi) is 5.43. The first-order valence-electron chi connectivity index (χ1n) is 6.58. The molecule has 0 fully saturated rings. The number of methoxy groups -OCH3 is 1. The summed E-state index contributed by atoms with van der Waals surface area (Å²) < 4.78 is 4.75. The number of benzene rings is 2. The molecule has 0 bridgehead atoms. The van der Waals surface area contributed by atoms with Crippen molar-refractivity contribution in [3.8, 4) is 11.8 Å². The van der Waals surface area contributed by atoms with Gasteiger partial charge in [-0.3, -0.25) is 4.79 Å². The molecule has 0 aliphatic rings. The van der Waals surface area contributed by atoms with Crippen LogP contribution in [0.25, 0.3) is 0 Å². The Morgan fingerprint density at radius 1 is 1.14 bits per heavy atom. The Morgan fingerprint density at radius 3 is 2.43 bits per heavy atom. The average molecular weight is 299 g/mol. The zero-order valence-corrected chi connectivity index (χ0v) is 12.4. The third-order valence-electron chi connectivity index (χ3n) is 3.04. The number of ether oxygens (including phenoxy) is 1. The normalized spacial score (nSPS) is 11.1. The summed E-state index contributed by atoms with van der Waals surface area (Å²) in [5, 5.41) is 0.659. The highest BCUT2D eigenvalue weighted by Crippen LogP contribution is 2.21. The molecular weight excluding hydrogens is 284 g/mol. The fourth-order valence-electron chi connectivity index (χ4n) is 1.89. The van der Waals surface area contributed by atoms with E-state index in [1.165, 1.54) is 7.11 Å². The molecule has 21 heavy (non-hydrogen) atoms. The molecule has 0 aliphatic heterocycles. The van der Waals surface area contributed by atoms with E-state index in [4.69, 9.17) is 16.3 Å². The number of esters is 1. The molecular formula is C18H15ClO2. The van der Waals surface area contributed by atoms with Gasteiger partial charge in [0.05, 0.1) is 19.4 Å². The molecule has 0 saturated heterocycles. The lowest BCUT2D eigenvalue weighted by Crippen LogP contribution is -2.07. The molecule has 0 aromatic heterocycles. The maximum Gasteiger partial charge on any atom is 0.307 e. The first kappa shape index (κ1) is 15.2. The number of hydrogen-bond donors (Lipinski definition) is 0. The first-order chi connectivity index (χ1) is 10.2. The highest BCUT2D eigenvalue weighted by atomic mass is 35.5. The van der Waals surface area contributed by atoms with Gasteiger partial charge in [0.15, 0.2) is 0 Å². The second-order valence-electron chi connectivity index (χ2n) is 4.52. The first-order valence-corrected chi connectivity index (χ1v) is 6.95. The third-order valence-corrected chi connectivity index (χ3v) is 3.29. The smallest absolute Gasteiger partial charge is 0.307 e. The predicted octanol–water partition coefficient (Wildman–Crippen LogP) is 4.04. The SMILES string of the molecule is COC(=O)CC(C#Cc1ccccc1)c1ccc(Cl)cc1. The molecule has 2 nitrogen and oxygen atoms in total. The van der Waals surface area contributed by atoms with Crippen molar-refractivity contribution in [3.63, 3.8) is 0 Å². The van der Waals surface area contributed by atoms with Gasteiger partial charge in [0.25, 0.3) is 0 Å². The summed E-state index contributed by atoms with van der Waals surface area (Å²) in [6, 6.07) is 17.0. The van der Waals surface area contributed by atoms with Crippen molar-refractivity contribution in [1.82, 2.24) is 0 Å². The summed E-state index contributed by atoms with van der Waals surface area (Å²) in [6.07, 6.45) is 0.220. The van der Waals surface area contributed by atoms with Gasteiger partial charge >= 0.3 is 5.97 Å². The molecule has 0 heterocycles. The Labute approximate surface area is 129 Å². The van der Waals surface area contributed by atoms with E-state index in [1.54, 1.807) is 12.1 Å². The van der Waals surface area contributed by atoms with Gasteiger partial charge < -0.3 is 4.74 Å². The van der Waals surface area contributed by atoms with Gasteiger partial charge in [0, 0.05) is 10.6 Å². The predicted molar refractivity (Wildman–Crippen MR) is 84.1 cm³/mol. The van der Waals surface area contributed by atoms with Crippen LogP contribution in [0.1, 0.15) is 23.5 Å². The summed E-state index contributed by atoms with van der Waals surface area (Å²) in [7, 11) is 1.38. The highest BCUT2D eigenvalue weighted by Gasteiger charge is 2.14. The summed E-state index contributed by atoms with van der Waals surface area (Å²) in [5.74, 6) is 5.75. The lowest BCUT2D eigenvalue weighted by atomic mass is 9.96. The minimum absolute atomic E-state index is 0.213. The number of carbonyl (C=O) groups is 1. The van der Waals surface area contributed by atoms with Gasteiger partial charge in [-0.2, -0.15) is 0 Å². The second kappa shape index (κ2) is 7.52. The van der Waals surface area contributed by atoms with E-state index in [1.807, 2.05) is 42.5 Å². The zero-order chi connectivity index (χ0) is 15.1. The monoisotopic (exact) mass is 298 g/mol. The van der Waals surface area contributed by atoms with Crippen molar-refractivity contribution < 1.29 is 9.53 Å². The van der Waals surface area contributed by atoms with Crippen molar-refractivity contribution >= 4 is 17.6 Å². The molecule has 3 heteroatoms. The topological polar surface area (TPSA) is 26.3 Å². The van der Waals surface area contributed by atoms with Crippen LogP contribution in [-0.4, -0.2) is 13.1 Å². The molecule has 2 rings (SSSR count). The van der Waals surface area contributed by atoms with E-state index >= 15 is 0 Å². The van der Waals surface area contributed by atoms with Crippen molar-refractivity contribution in [2.75, 3.05) is 7.11 Å². The molecule has 0 N–H and O–H groups in total. The van der Waals surface area contributed by atoms with E-state index < -0.39 is 0 Å². The lowest BCUT2D eigenvalue weighted by Gasteiger charge is -2.09. The number of rotatable bonds is 3. The maximum atomic E-state index is 11.6. The molecule has 0 aliphatic carbocycles. The molecule has 0 saturated carbocycles. The largest absolute Gasteiger partial charge is 0.469 e. The molecule has 0 radical (unpaired) electrons. The molecule has 2 aromatic rings. The number of carbonyl (C=O) groups excluding carboxylic acids is 1. The van der Waals surface area contributed by atoms with Crippen LogP contribution in [0, 0.1) is 11.8 Å². The van der Waals surface area contributed by atoms with Gasteiger partial charge in [-0.05, 0) is 29.8 Å². The van der Waals surface area contributed by atoms with Gasteiger partial charge in [-0.15, -0.1) is 0 Å². The Balaban J connectivity index is 2.26. The van der Waals surface area contributed by atoms with Crippen LogP contribution in [0.15, 0.2) is 54.6 Å². The highest BCUT2D eigenvalue weighted by molar-refractivity contribution is 6.30. The maximum absolute atomic E-state index is 11.6. The van der Waals surface area contributed by atoms with Gasteiger partial charge in [-0.1, -0.05) is 53.8 Å². The van der Waals surface area contributed by atoms with Gasteiger partial charge in [0.2, 0.25) is 0 Å². The van der Waals surface area contributed by atoms with Crippen LogP contribution in [-0.2, 0) is 9.53 Å². The zero-order valence-electron chi connectivity index (χ0n) is 11.7. The molecule has 1 atom stereocenters. The summed E-state index contributed by atoms with van der Waals surface area (Å²) in [5.41, 5.74) is 1.87. The molecule has 106 valence electrons. The fourth-order valence-corrected chi connectivity index (χ4v) is 2.02. The minimum Gasteiger partial charge on any atom is -0.469 e. The van der Waals surface area contributed by atoms with E-state index in [0.29, 0.717) is 5.02 Å². The molecule has 2 aromatic carbocycles. The van der Waals surface area contributed by atoms with Crippen molar-refractivity contribution in [2.24, 2.45) is 0 Å². The summed E-state index contributed by atoms with van der Waals surface area (Å²) in [6.45, 7) is 0. The van der Waals surface area contributed by atoms with Crippen LogP contribution in [0.3, 0.4) is 0 Å². The van der Waals surface area contributed by atoms with E-state index in [2.05, 4.69) is 11.8 Å². The van der Waals surface area contributed by atoms with Crippen LogP contribution < -0.4 is 0 Å². The Hall–Kier alpha value is -2.24. The van der Waals surface area contributed by atoms with Crippen LogP contribution in [0.2, 0.25) is 5.02 Å². The van der Waals surface area contributed by atoms with Crippen molar-refractivity contribution in [3.05, 3.63) is 70.7 Å². The number of hydrogen-bond acceptors (Lipinski definition) is 2.